The van der Waals surface area contributed by atoms with E-state index in [0.717, 1.165) is 18.1 Å². The molecule has 0 saturated carbocycles. The number of carboxylic acids is 1. The molecule has 6 atom stereocenters. The highest BCUT2D eigenvalue weighted by Crippen LogP contribution is 2.65. The van der Waals surface area contributed by atoms with Gasteiger partial charge in [-0.15, -0.1) is 0 Å². The molecular formula is C32H33NO11. The van der Waals surface area contributed by atoms with E-state index in [1.807, 2.05) is 19.2 Å². The van der Waals surface area contributed by atoms with E-state index < -0.39 is 59.6 Å². The number of methoxy groups -OCH3 is 1. The molecule has 44 heavy (non-hydrogen) atoms. The van der Waals surface area contributed by atoms with E-state index in [1.54, 1.807) is 36.4 Å². The largest absolute Gasteiger partial charge is 0.493 e. The minimum atomic E-state index is -1.77. The molecule has 0 radical (unpaired) electrons. The highest BCUT2D eigenvalue weighted by atomic mass is 16.6. The van der Waals surface area contributed by atoms with Crippen LogP contribution in [0.5, 0.6) is 11.5 Å². The number of hydrogen-bond donors (Lipinski definition) is 2. The number of ether oxygens (including phenoxy) is 5. The Balaban J connectivity index is 1.35. The molecule has 2 aromatic rings. The number of piperidine rings is 1. The number of benzene rings is 2. The van der Waals surface area contributed by atoms with Crippen molar-refractivity contribution in [1.82, 2.24) is 4.90 Å². The number of carbonyl (C=O) groups is 4. The van der Waals surface area contributed by atoms with Crippen molar-refractivity contribution in [3.05, 3.63) is 71.0 Å². The summed E-state index contributed by atoms with van der Waals surface area (Å²) >= 11 is 0. The second kappa shape index (κ2) is 10.9. The lowest BCUT2D eigenvalue weighted by molar-refractivity contribution is -0.183. The van der Waals surface area contributed by atoms with Gasteiger partial charge in [-0.25, -0.2) is 9.59 Å². The van der Waals surface area contributed by atoms with Crippen molar-refractivity contribution in [3.8, 4) is 11.5 Å². The normalized spacial score (nSPS) is 27.5. The Morgan fingerprint density at radius 1 is 1.09 bits per heavy atom. The Kier molecular flexibility index (Phi) is 7.37. The zero-order valence-corrected chi connectivity index (χ0v) is 24.5. The third-order valence-electron chi connectivity index (χ3n) is 9.26. The molecule has 2 aliphatic heterocycles. The van der Waals surface area contributed by atoms with Gasteiger partial charge in [0.2, 0.25) is 12.2 Å². The van der Waals surface area contributed by atoms with Crippen LogP contribution in [0.1, 0.15) is 49.0 Å². The van der Waals surface area contributed by atoms with E-state index in [0.29, 0.717) is 30.9 Å². The summed E-state index contributed by atoms with van der Waals surface area (Å²) in [5.41, 5.74) is 0.00468. The first kappa shape index (κ1) is 29.6. The second-order valence-electron chi connectivity index (χ2n) is 11.6. The van der Waals surface area contributed by atoms with Crippen LogP contribution in [-0.4, -0.2) is 83.5 Å². The van der Waals surface area contributed by atoms with Crippen molar-refractivity contribution in [1.29, 1.82) is 0 Å². The molecule has 1 fully saturated rings. The SMILES string of the molecule is COc1ccc2c3c1O[C@H]1C(OC(=O)[C@@H](OC(=O)[C@H](CC(=O)O)OC(C)=O)c4ccccc4)=CC[C@@]4(O)[C@@H](C2)N(C)CC[C@]314. The summed E-state index contributed by atoms with van der Waals surface area (Å²) in [6.45, 7) is 1.70. The maximum atomic E-state index is 13.8. The van der Waals surface area contributed by atoms with Crippen molar-refractivity contribution >= 4 is 23.9 Å². The topological polar surface area (TPSA) is 158 Å². The van der Waals surface area contributed by atoms with Crippen LogP contribution in [0.3, 0.4) is 0 Å². The molecule has 2 aromatic carbocycles. The zero-order valence-electron chi connectivity index (χ0n) is 24.5. The molecule has 12 heteroatoms. The van der Waals surface area contributed by atoms with Gasteiger partial charge >= 0.3 is 23.9 Å². The molecule has 0 amide bonds. The number of nitrogens with zero attached hydrogens (tertiary/aromatic N) is 1. The lowest BCUT2D eigenvalue weighted by Crippen LogP contribution is -2.74. The average Bonchev–Trinajstić information content (AvgIpc) is 3.34. The van der Waals surface area contributed by atoms with Gasteiger partial charge < -0.3 is 38.8 Å². The van der Waals surface area contributed by atoms with E-state index in [4.69, 9.17) is 23.7 Å². The molecule has 1 spiro atoms. The van der Waals surface area contributed by atoms with E-state index in [2.05, 4.69) is 4.90 Å². The minimum absolute atomic E-state index is 0.160. The van der Waals surface area contributed by atoms with Crippen LogP contribution in [0, 0.1) is 0 Å². The molecule has 0 aromatic heterocycles. The summed E-state index contributed by atoms with van der Waals surface area (Å²) < 4.78 is 28.5. The number of carbonyl (C=O) groups excluding carboxylic acids is 3. The molecule has 12 nitrogen and oxygen atoms in total. The summed E-state index contributed by atoms with van der Waals surface area (Å²) in [5, 5.41) is 21.6. The standard InChI is InChI=1S/C32H33NO11/c1-17(34)41-22(16-24(35)36)29(37)44-26(18-7-5-4-6-8-18)30(38)42-21-11-12-32(39)23-15-19-9-10-20(40-3)27-25(19)31(32,28(21)43-27)13-14-33(23)2/h4-11,22-23,26,28,39H,12-16H2,1-3H3,(H,35,36)/t22-,23+,26-,28-,31-,32+/m0/s1. The number of rotatable bonds is 9. The Hall–Kier alpha value is -4.42. The maximum absolute atomic E-state index is 13.8. The van der Waals surface area contributed by atoms with Gasteiger partial charge in [0, 0.05) is 30.5 Å². The van der Waals surface area contributed by atoms with Gasteiger partial charge in [-0.05, 0) is 44.1 Å². The van der Waals surface area contributed by atoms with Crippen molar-refractivity contribution in [2.75, 3.05) is 20.7 Å². The van der Waals surface area contributed by atoms with Crippen LogP contribution in [-0.2, 0) is 45.2 Å². The third kappa shape index (κ3) is 4.51. The number of likely N-dealkylation sites (N-methyl/N-ethyl adjacent to an activating group) is 1. The average molecular weight is 608 g/mol. The first-order valence-corrected chi connectivity index (χ1v) is 14.4. The molecule has 2 aliphatic carbocycles. The molecule has 2 heterocycles. The van der Waals surface area contributed by atoms with Gasteiger partial charge in [-0.2, -0.15) is 0 Å². The van der Waals surface area contributed by atoms with Crippen LogP contribution in [0.15, 0.2) is 54.3 Å². The Morgan fingerprint density at radius 3 is 2.52 bits per heavy atom. The smallest absolute Gasteiger partial charge is 0.357 e. The van der Waals surface area contributed by atoms with Crippen molar-refractivity contribution in [2.24, 2.45) is 0 Å². The lowest BCUT2D eigenvalue weighted by atomic mass is 9.50. The molecular weight excluding hydrogens is 574 g/mol. The van der Waals surface area contributed by atoms with E-state index in [9.17, 15) is 29.4 Å². The molecule has 0 unspecified atom stereocenters. The van der Waals surface area contributed by atoms with Crippen LogP contribution < -0.4 is 9.47 Å². The van der Waals surface area contributed by atoms with E-state index >= 15 is 0 Å². The van der Waals surface area contributed by atoms with Gasteiger partial charge in [-0.1, -0.05) is 36.4 Å². The number of esters is 3. The number of hydrogen-bond acceptors (Lipinski definition) is 11. The first-order chi connectivity index (χ1) is 21.0. The lowest BCUT2D eigenvalue weighted by Gasteiger charge is -2.61. The molecule has 6 rings (SSSR count). The van der Waals surface area contributed by atoms with Gasteiger partial charge in [0.15, 0.2) is 17.6 Å². The number of aliphatic hydroxyl groups is 1. The molecule has 2 bridgehead atoms. The van der Waals surface area contributed by atoms with Gasteiger partial charge in [0.1, 0.15) is 5.76 Å². The summed E-state index contributed by atoms with van der Waals surface area (Å²) in [7, 11) is 3.53. The third-order valence-corrected chi connectivity index (χ3v) is 9.26. The van der Waals surface area contributed by atoms with Gasteiger partial charge in [0.05, 0.1) is 24.5 Å². The van der Waals surface area contributed by atoms with Crippen molar-refractivity contribution in [2.45, 2.75) is 68.0 Å². The summed E-state index contributed by atoms with van der Waals surface area (Å²) in [5.74, 6) is -3.31. The Morgan fingerprint density at radius 2 is 1.84 bits per heavy atom. The fourth-order valence-electron chi connectivity index (χ4n) is 7.36. The molecule has 2 N–H and O–H groups in total. The zero-order chi connectivity index (χ0) is 31.4. The van der Waals surface area contributed by atoms with Crippen LogP contribution in [0.2, 0.25) is 0 Å². The summed E-state index contributed by atoms with van der Waals surface area (Å²) in [6, 6.07) is 11.7. The molecule has 1 saturated heterocycles. The summed E-state index contributed by atoms with van der Waals surface area (Å²) in [4.78, 5) is 51.9. The number of aliphatic carboxylic acids is 1. The predicted molar refractivity (Wildman–Crippen MR) is 151 cm³/mol. The fraction of sp³-hybridized carbons (Fsp3) is 0.438. The Bertz CT molecular complexity index is 1540. The van der Waals surface area contributed by atoms with Crippen LogP contribution in [0.4, 0.5) is 0 Å². The minimum Gasteiger partial charge on any atom is -0.493 e. The first-order valence-electron chi connectivity index (χ1n) is 14.4. The maximum Gasteiger partial charge on any atom is 0.357 e. The summed E-state index contributed by atoms with van der Waals surface area (Å²) in [6.07, 6.45) is -2.15. The van der Waals surface area contributed by atoms with Gasteiger partial charge in [0.25, 0.3) is 0 Å². The van der Waals surface area contributed by atoms with Crippen LogP contribution in [0.25, 0.3) is 0 Å². The Labute approximate surface area is 253 Å². The number of carboxylic acid groups (broad SMARTS) is 1. The fourth-order valence-corrected chi connectivity index (χ4v) is 7.36. The number of likely N-dealkylation sites (tertiary alicyclic amines) is 1. The van der Waals surface area contributed by atoms with E-state index in [-0.39, 0.29) is 23.8 Å². The predicted octanol–water partition coefficient (Wildman–Crippen LogP) is 2.21. The van der Waals surface area contributed by atoms with E-state index in [1.165, 1.54) is 7.11 Å². The highest BCUT2D eigenvalue weighted by molar-refractivity contribution is 5.87. The van der Waals surface area contributed by atoms with Gasteiger partial charge in [-0.3, -0.25) is 9.59 Å². The second-order valence-corrected chi connectivity index (χ2v) is 11.6. The quantitative estimate of drug-likeness (QED) is 0.317. The molecule has 232 valence electrons. The monoisotopic (exact) mass is 607 g/mol. The highest BCUT2D eigenvalue weighted by Gasteiger charge is 2.72. The molecule has 4 aliphatic rings. The van der Waals surface area contributed by atoms with Crippen LogP contribution >= 0.6 is 0 Å². The van der Waals surface area contributed by atoms with Crippen molar-refractivity contribution < 1.29 is 53.1 Å². The van der Waals surface area contributed by atoms with Crippen molar-refractivity contribution in [3.63, 3.8) is 0 Å².